The van der Waals surface area contributed by atoms with Gasteiger partial charge in [0.25, 0.3) is 11.5 Å². The van der Waals surface area contributed by atoms with Crippen molar-refractivity contribution in [2.75, 3.05) is 11.9 Å². The summed E-state index contributed by atoms with van der Waals surface area (Å²) in [6.45, 7) is -1.07. The van der Waals surface area contributed by atoms with Crippen molar-refractivity contribution in [3.05, 3.63) is 60.3 Å². The summed E-state index contributed by atoms with van der Waals surface area (Å²) >= 11 is 17.5. The Morgan fingerprint density at radius 3 is 2.48 bits per heavy atom. The summed E-state index contributed by atoms with van der Waals surface area (Å²) < 4.78 is 5.68. The Morgan fingerprint density at radius 1 is 1.12 bits per heavy atom. The lowest BCUT2D eigenvalue weighted by atomic mass is 10.3. The smallest absolute Gasteiger partial charge is 0.328 e. The minimum Gasteiger partial charge on any atom is -0.454 e. The SMILES string of the molecule is O=C(COC(=O)Cn1ccc(=O)[nH]c1=O)Nc1cc(Cl)c(Cl)cc1Cl. The number of aromatic amines is 1. The van der Waals surface area contributed by atoms with Gasteiger partial charge in [-0.2, -0.15) is 0 Å². The van der Waals surface area contributed by atoms with Crippen molar-refractivity contribution in [1.29, 1.82) is 0 Å². The number of H-pyrrole nitrogens is 1. The summed E-state index contributed by atoms with van der Waals surface area (Å²) in [5.41, 5.74) is -1.15. The van der Waals surface area contributed by atoms with Gasteiger partial charge in [-0.25, -0.2) is 4.79 Å². The third kappa shape index (κ3) is 5.35. The number of amides is 1. The molecular weight excluding hydrogens is 397 g/mol. The average Bonchev–Trinajstić information content (AvgIpc) is 2.53. The van der Waals surface area contributed by atoms with E-state index in [0.717, 1.165) is 16.8 Å². The first kappa shape index (κ1) is 19.0. The van der Waals surface area contributed by atoms with E-state index in [1.807, 2.05) is 4.98 Å². The van der Waals surface area contributed by atoms with E-state index in [0.29, 0.717) is 0 Å². The van der Waals surface area contributed by atoms with E-state index in [1.165, 1.54) is 12.1 Å². The van der Waals surface area contributed by atoms with Crippen molar-refractivity contribution in [3.63, 3.8) is 0 Å². The Hall–Kier alpha value is -2.29. The molecule has 11 heteroatoms. The molecule has 0 atom stereocenters. The Balaban J connectivity index is 1.91. The zero-order valence-corrected chi connectivity index (χ0v) is 14.6. The highest BCUT2D eigenvalue weighted by molar-refractivity contribution is 6.44. The molecule has 0 saturated carbocycles. The zero-order valence-electron chi connectivity index (χ0n) is 12.3. The number of anilines is 1. The van der Waals surface area contributed by atoms with Crippen LogP contribution in [0.25, 0.3) is 0 Å². The van der Waals surface area contributed by atoms with Crippen LogP contribution < -0.4 is 16.6 Å². The van der Waals surface area contributed by atoms with Crippen LogP contribution in [0.1, 0.15) is 0 Å². The van der Waals surface area contributed by atoms with Crippen molar-refractivity contribution in [3.8, 4) is 0 Å². The van der Waals surface area contributed by atoms with Crippen LogP contribution in [-0.2, 0) is 20.9 Å². The highest BCUT2D eigenvalue weighted by Crippen LogP contribution is 2.32. The number of carbonyl (C=O) groups is 2. The number of esters is 1. The number of hydrogen-bond donors (Lipinski definition) is 2. The monoisotopic (exact) mass is 405 g/mol. The fourth-order valence-electron chi connectivity index (χ4n) is 1.70. The zero-order chi connectivity index (χ0) is 18.6. The van der Waals surface area contributed by atoms with Gasteiger partial charge in [0.15, 0.2) is 6.61 Å². The van der Waals surface area contributed by atoms with Crippen LogP contribution >= 0.6 is 34.8 Å². The predicted molar refractivity (Wildman–Crippen MR) is 92.4 cm³/mol. The lowest BCUT2D eigenvalue weighted by Crippen LogP contribution is -2.32. The van der Waals surface area contributed by atoms with Gasteiger partial charge < -0.3 is 10.1 Å². The average molecular weight is 407 g/mol. The number of hydrogen-bond acceptors (Lipinski definition) is 5. The second-order valence-electron chi connectivity index (χ2n) is 4.69. The van der Waals surface area contributed by atoms with Gasteiger partial charge in [-0.1, -0.05) is 34.8 Å². The minimum absolute atomic E-state index is 0.161. The van der Waals surface area contributed by atoms with Gasteiger partial charge in [0.2, 0.25) is 0 Å². The van der Waals surface area contributed by atoms with Crippen molar-refractivity contribution < 1.29 is 14.3 Å². The van der Waals surface area contributed by atoms with Crippen molar-refractivity contribution in [2.45, 2.75) is 6.54 Å². The number of carbonyl (C=O) groups excluding carboxylic acids is 2. The third-order valence-corrected chi connectivity index (χ3v) is 3.88. The normalized spacial score (nSPS) is 10.4. The lowest BCUT2D eigenvalue weighted by Gasteiger charge is -2.09. The molecule has 0 fully saturated rings. The van der Waals surface area contributed by atoms with Crippen LogP contribution in [0.5, 0.6) is 0 Å². The molecule has 0 bridgehead atoms. The predicted octanol–water partition coefficient (Wildman–Crippen LogP) is 1.68. The van der Waals surface area contributed by atoms with Crippen LogP contribution in [0.2, 0.25) is 15.1 Å². The lowest BCUT2D eigenvalue weighted by molar-refractivity contribution is -0.148. The quantitative estimate of drug-likeness (QED) is 0.580. The number of rotatable bonds is 5. The van der Waals surface area contributed by atoms with Crippen LogP contribution in [0.4, 0.5) is 5.69 Å². The first-order valence-corrected chi connectivity index (χ1v) is 7.79. The van der Waals surface area contributed by atoms with Crippen LogP contribution in [0.15, 0.2) is 34.0 Å². The summed E-state index contributed by atoms with van der Waals surface area (Å²) in [6, 6.07) is 3.79. The molecule has 0 aliphatic rings. The van der Waals surface area contributed by atoms with Gasteiger partial charge >= 0.3 is 11.7 Å². The summed E-state index contributed by atoms with van der Waals surface area (Å²) in [7, 11) is 0. The molecule has 1 aromatic carbocycles. The number of ether oxygens (including phenoxy) is 1. The van der Waals surface area contributed by atoms with Crippen molar-refractivity contribution in [2.24, 2.45) is 0 Å². The molecule has 0 spiro atoms. The minimum atomic E-state index is -0.843. The number of nitrogens with one attached hydrogen (secondary N) is 2. The number of aromatic nitrogens is 2. The van der Waals surface area contributed by atoms with Gasteiger partial charge in [0.1, 0.15) is 6.54 Å². The summed E-state index contributed by atoms with van der Waals surface area (Å²) in [5, 5.41) is 2.99. The van der Waals surface area contributed by atoms with Gasteiger partial charge in [0, 0.05) is 12.3 Å². The fourth-order valence-corrected chi connectivity index (χ4v) is 2.30. The Kier molecular flexibility index (Phi) is 6.24. The van der Waals surface area contributed by atoms with E-state index < -0.39 is 36.3 Å². The summed E-state index contributed by atoms with van der Waals surface area (Å²) in [6.07, 6.45) is 1.14. The molecule has 0 saturated heterocycles. The van der Waals surface area contributed by atoms with Crippen LogP contribution in [0, 0.1) is 0 Å². The maximum absolute atomic E-state index is 11.8. The molecule has 1 aromatic heterocycles. The second-order valence-corrected chi connectivity index (χ2v) is 5.91. The van der Waals surface area contributed by atoms with Crippen LogP contribution in [0.3, 0.4) is 0 Å². The molecule has 1 heterocycles. The molecule has 0 aliphatic heterocycles. The molecule has 1 amide bonds. The molecule has 2 aromatic rings. The van der Waals surface area contributed by atoms with E-state index in [9.17, 15) is 19.2 Å². The fraction of sp³-hybridized carbons (Fsp3) is 0.143. The van der Waals surface area contributed by atoms with Crippen LogP contribution in [-0.4, -0.2) is 28.0 Å². The van der Waals surface area contributed by atoms with E-state index >= 15 is 0 Å². The first-order chi connectivity index (χ1) is 11.8. The molecule has 25 heavy (non-hydrogen) atoms. The maximum atomic E-state index is 11.8. The Labute approximate surface area is 155 Å². The molecule has 0 radical (unpaired) electrons. The summed E-state index contributed by atoms with van der Waals surface area (Å²) in [4.78, 5) is 47.8. The van der Waals surface area contributed by atoms with Gasteiger partial charge in [-0.3, -0.25) is 23.9 Å². The van der Waals surface area contributed by atoms with E-state index in [4.69, 9.17) is 39.5 Å². The largest absolute Gasteiger partial charge is 0.454 e. The number of halogens is 3. The van der Waals surface area contributed by atoms with E-state index in [2.05, 4.69) is 5.32 Å². The maximum Gasteiger partial charge on any atom is 0.328 e. The van der Waals surface area contributed by atoms with Gasteiger partial charge in [-0.05, 0) is 12.1 Å². The number of benzene rings is 1. The molecule has 2 N–H and O–H groups in total. The van der Waals surface area contributed by atoms with E-state index in [-0.39, 0.29) is 20.8 Å². The molecular formula is C14H10Cl3N3O5. The first-order valence-electron chi connectivity index (χ1n) is 6.66. The Bertz CT molecular complexity index is 938. The molecule has 2 rings (SSSR count). The molecule has 0 unspecified atom stereocenters. The van der Waals surface area contributed by atoms with Crippen molar-refractivity contribution >= 4 is 52.4 Å². The number of nitrogens with zero attached hydrogens (tertiary/aromatic N) is 1. The molecule has 132 valence electrons. The van der Waals surface area contributed by atoms with Crippen molar-refractivity contribution in [1.82, 2.24) is 9.55 Å². The Morgan fingerprint density at radius 2 is 1.80 bits per heavy atom. The van der Waals surface area contributed by atoms with Gasteiger partial charge in [-0.15, -0.1) is 0 Å². The highest BCUT2D eigenvalue weighted by atomic mass is 35.5. The summed E-state index contributed by atoms with van der Waals surface area (Å²) in [5.74, 6) is -1.51. The standard InChI is InChI=1S/C14H10Cl3N3O5/c15-7-3-9(17)10(4-8(7)16)18-12(22)6-25-13(23)5-20-2-1-11(21)19-14(20)24/h1-4H,5-6H2,(H,18,22)(H,19,21,24). The van der Waals surface area contributed by atoms with E-state index in [1.54, 1.807) is 0 Å². The highest BCUT2D eigenvalue weighted by Gasteiger charge is 2.12. The second kappa shape index (κ2) is 8.19. The topological polar surface area (TPSA) is 110 Å². The molecule has 8 nitrogen and oxygen atoms in total. The van der Waals surface area contributed by atoms with Gasteiger partial charge in [0.05, 0.1) is 20.8 Å². The third-order valence-electron chi connectivity index (χ3n) is 2.84. The molecule has 0 aliphatic carbocycles.